The van der Waals surface area contributed by atoms with Crippen molar-refractivity contribution in [2.24, 2.45) is 34.5 Å². The van der Waals surface area contributed by atoms with Crippen molar-refractivity contribution >= 4 is 30.7 Å². The molecule has 0 aliphatic heterocycles. The van der Waals surface area contributed by atoms with Crippen molar-refractivity contribution in [3.05, 3.63) is 0 Å². The van der Waals surface area contributed by atoms with E-state index in [0.29, 0.717) is 49.1 Å². The average Bonchev–Trinajstić information content (AvgIpc) is 3.00. The molecule has 4 aliphatic rings. The van der Waals surface area contributed by atoms with Gasteiger partial charge in [-0.2, -0.15) is 0 Å². The summed E-state index contributed by atoms with van der Waals surface area (Å²) < 4.78 is 19.7. The Balaban J connectivity index is 1.60. The van der Waals surface area contributed by atoms with Crippen LogP contribution in [0.25, 0.3) is 0 Å². The number of ketones is 1. The van der Waals surface area contributed by atoms with Gasteiger partial charge in [-0.15, -0.1) is 0 Å². The maximum absolute atomic E-state index is 14.3. The van der Waals surface area contributed by atoms with Gasteiger partial charge in [-0.1, -0.05) is 13.8 Å². The highest BCUT2D eigenvalue weighted by molar-refractivity contribution is 6.70. The monoisotopic (exact) mass is 582 g/mol. The predicted octanol–water partition coefficient (Wildman–Crippen LogP) is 7.23. The highest BCUT2D eigenvalue weighted by atomic mass is 28.4. The fraction of sp³-hybridized carbons (Fsp3) is 0.967. The molecule has 1 N–H and O–H groups in total. The van der Waals surface area contributed by atoms with Crippen molar-refractivity contribution in [1.29, 1.82) is 0 Å². The molecule has 0 radical (unpaired) electrons. The Kier molecular flexibility index (Phi) is 8.32. The van der Waals surface area contributed by atoms with Crippen LogP contribution in [0.5, 0.6) is 0 Å². The van der Waals surface area contributed by atoms with Crippen LogP contribution in [-0.4, -0.2) is 60.3 Å². The number of fused-ring (bicyclic) bond motifs is 5. The topological polar surface area (TPSA) is 65.0 Å². The lowest BCUT2D eigenvalue weighted by Crippen LogP contribution is -2.64. The Hall–Kier alpha value is 0.161. The first-order valence-corrected chi connectivity index (χ1v) is 25.7. The number of carbonyl (C=O) groups excluding carboxylic acids is 1. The second-order valence-electron chi connectivity index (χ2n) is 16.8. The number of hydrogen-bond acceptors (Lipinski definition) is 5. The Labute approximate surface area is 236 Å². The van der Waals surface area contributed by atoms with Gasteiger partial charge in [0.05, 0.1) is 18.3 Å². The van der Waals surface area contributed by atoms with Crippen molar-refractivity contribution in [3.8, 4) is 0 Å². The first-order chi connectivity index (χ1) is 17.2. The van der Waals surface area contributed by atoms with E-state index in [1.54, 1.807) is 0 Å². The van der Waals surface area contributed by atoms with E-state index >= 15 is 0 Å². The highest BCUT2D eigenvalue weighted by Crippen LogP contribution is 2.68. The summed E-state index contributed by atoms with van der Waals surface area (Å²) >= 11 is 0. The molecule has 0 saturated heterocycles. The van der Waals surface area contributed by atoms with Gasteiger partial charge in [0.25, 0.3) is 0 Å². The molecule has 0 spiro atoms. The predicted molar refractivity (Wildman–Crippen MR) is 163 cm³/mol. The number of rotatable bonds is 8. The third-order valence-electron chi connectivity index (χ3n) is 10.7. The second-order valence-corrected chi connectivity index (χ2v) is 30.3. The van der Waals surface area contributed by atoms with Gasteiger partial charge in [0.15, 0.2) is 25.0 Å². The zero-order valence-corrected chi connectivity index (χ0v) is 29.4. The van der Waals surface area contributed by atoms with Crippen LogP contribution in [0.1, 0.15) is 65.2 Å². The van der Waals surface area contributed by atoms with Crippen LogP contribution in [0.3, 0.4) is 0 Å². The van der Waals surface area contributed by atoms with E-state index in [2.05, 4.69) is 72.8 Å². The molecule has 4 aliphatic carbocycles. The van der Waals surface area contributed by atoms with Gasteiger partial charge in [-0.05, 0) is 127 Å². The maximum atomic E-state index is 14.3. The molecule has 0 aromatic heterocycles. The van der Waals surface area contributed by atoms with E-state index in [1.165, 1.54) is 6.42 Å². The van der Waals surface area contributed by atoms with Crippen molar-refractivity contribution in [1.82, 2.24) is 0 Å². The number of carbonyl (C=O) groups is 1. The van der Waals surface area contributed by atoms with Gasteiger partial charge in [-0.25, -0.2) is 0 Å². The molecule has 4 rings (SSSR count). The first-order valence-electron chi connectivity index (χ1n) is 15.4. The quantitative estimate of drug-likeness (QED) is 0.306. The molecule has 5 nitrogen and oxygen atoms in total. The summed E-state index contributed by atoms with van der Waals surface area (Å²) in [5.74, 6) is 1.84. The summed E-state index contributed by atoms with van der Waals surface area (Å²) in [5.41, 5.74) is -1.42. The second kappa shape index (κ2) is 10.2. The summed E-state index contributed by atoms with van der Waals surface area (Å²) in [6.45, 7) is 25.1. The standard InChI is InChI=1S/C30H58O5Si3/c1-28-16-14-22(34-37(6,7)8)18-21(28)12-13-23-24-15-17-30(32,29(24,2)19-25(31)27(23)28)26(35-38(9,10)11)20-33-36(3,4)5/h21-24,26-27,32H,12-20H2,1-11H3/t21?,22?,23?,24?,26?,27?,28?,29?,30-/m0/s1. The van der Waals surface area contributed by atoms with Crippen LogP contribution >= 0.6 is 0 Å². The van der Waals surface area contributed by atoms with Crippen LogP contribution in [0, 0.1) is 34.5 Å². The van der Waals surface area contributed by atoms with E-state index in [1.807, 2.05) is 0 Å². The SMILES string of the molecule is CC12CCC(O[Si](C)(C)C)CC1CCC1C2C(=O)CC2(C)C1CC[C@]2(O)C(CO[Si](C)(C)C)O[Si](C)(C)C. The number of hydrogen-bond donors (Lipinski definition) is 1. The smallest absolute Gasteiger partial charge is 0.184 e. The van der Waals surface area contributed by atoms with Crippen LogP contribution in [0.4, 0.5) is 0 Å². The van der Waals surface area contributed by atoms with Gasteiger partial charge in [-0.3, -0.25) is 4.79 Å². The van der Waals surface area contributed by atoms with Crippen molar-refractivity contribution in [3.63, 3.8) is 0 Å². The molecule has 220 valence electrons. The lowest BCUT2D eigenvalue weighted by molar-refractivity contribution is -0.193. The zero-order chi connectivity index (χ0) is 28.5. The normalized spacial score (nSPS) is 42.8. The Morgan fingerprint density at radius 3 is 2.13 bits per heavy atom. The summed E-state index contributed by atoms with van der Waals surface area (Å²) in [6.07, 6.45) is 7.76. The molecule has 8 unspecified atom stereocenters. The van der Waals surface area contributed by atoms with Gasteiger partial charge in [0, 0.05) is 23.9 Å². The minimum absolute atomic E-state index is 0.0660. The van der Waals surface area contributed by atoms with Crippen molar-refractivity contribution in [2.75, 3.05) is 6.61 Å². The van der Waals surface area contributed by atoms with E-state index in [-0.39, 0.29) is 17.4 Å². The summed E-state index contributed by atoms with van der Waals surface area (Å²) in [4.78, 5) is 14.3. The molecule has 0 bridgehead atoms. The van der Waals surface area contributed by atoms with E-state index in [9.17, 15) is 9.90 Å². The van der Waals surface area contributed by atoms with Crippen LogP contribution in [-0.2, 0) is 18.1 Å². The van der Waals surface area contributed by atoms with E-state index < -0.39 is 36.0 Å². The molecule has 0 amide bonds. The van der Waals surface area contributed by atoms with Crippen molar-refractivity contribution < 1.29 is 23.2 Å². The molecule has 8 heteroatoms. The lowest BCUT2D eigenvalue weighted by Gasteiger charge is -2.61. The van der Waals surface area contributed by atoms with Crippen molar-refractivity contribution in [2.45, 2.75) is 142 Å². The number of aliphatic hydroxyl groups is 1. The largest absolute Gasteiger partial charge is 0.415 e. The van der Waals surface area contributed by atoms with E-state index in [4.69, 9.17) is 13.3 Å². The van der Waals surface area contributed by atoms with Crippen LogP contribution < -0.4 is 0 Å². The molecule has 4 saturated carbocycles. The first kappa shape index (κ1) is 31.1. The van der Waals surface area contributed by atoms with Crippen LogP contribution in [0.15, 0.2) is 0 Å². The highest BCUT2D eigenvalue weighted by Gasteiger charge is 2.69. The molecular formula is C30H58O5Si3. The number of Topliss-reactive ketones (excluding diaryl/α,β-unsaturated/α-hetero) is 1. The third kappa shape index (κ3) is 5.88. The minimum atomic E-state index is -1.95. The van der Waals surface area contributed by atoms with Gasteiger partial charge < -0.3 is 18.4 Å². The van der Waals surface area contributed by atoms with Gasteiger partial charge in [0.2, 0.25) is 0 Å². The molecular weight excluding hydrogens is 525 g/mol. The summed E-state index contributed by atoms with van der Waals surface area (Å²) in [7, 11) is -5.31. The molecule has 0 aromatic carbocycles. The zero-order valence-electron chi connectivity index (χ0n) is 26.4. The Morgan fingerprint density at radius 2 is 1.55 bits per heavy atom. The Bertz CT molecular complexity index is 892. The summed E-state index contributed by atoms with van der Waals surface area (Å²) in [6, 6.07) is 0. The average molecular weight is 583 g/mol. The minimum Gasteiger partial charge on any atom is -0.415 e. The third-order valence-corrected chi connectivity index (χ3v) is 13.8. The molecule has 38 heavy (non-hydrogen) atoms. The summed E-state index contributed by atoms with van der Waals surface area (Å²) in [5, 5.41) is 12.6. The molecule has 9 atom stereocenters. The van der Waals surface area contributed by atoms with E-state index in [0.717, 1.165) is 32.1 Å². The molecule has 0 aromatic rings. The van der Waals surface area contributed by atoms with Gasteiger partial charge >= 0.3 is 0 Å². The lowest BCUT2D eigenvalue weighted by atomic mass is 9.44. The molecule has 4 fully saturated rings. The van der Waals surface area contributed by atoms with Gasteiger partial charge in [0.1, 0.15) is 5.78 Å². The molecule has 0 heterocycles. The Morgan fingerprint density at radius 1 is 0.895 bits per heavy atom. The fourth-order valence-electron chi connectivity index (χ4n) is 9.23. The maximum Gasteiger partial charge on any atom is 0.184 e. The van der Waals surface area contributed by atoms with Crippen LogP contribution in [0.2, 0.25) is 58.9 Å². The fourth-order valence-corrected chi connectivity index (χ4v) is 12.2.